The lowest BCUT2D eigenvalue weighted by atomic mass is 10.1. The zero-order valence-electron chi connectivity index (χ0n) is 11.8. The van der Waals surface area contributed by atoms with Gasteiger partial charge < -0.3 is 14.7 Å². The van der Waals surface area contributed by atoms with Crippen molar-refractivity contribution < 1.29 is 19.4 Å². The van der Waals surface area contributed by atoms with Crippen molar-refractivity contribution in [3.63, 3.8) is 0 Å². The topological polar surface area (TPSA) is 66.8 Å². The second-order valence-corrected chi connectivity index (χ2v) is 5.45. The van der Waals surface area contributed by atoms with Crippen LogP contribution < -0.4 is 4.74 Å². The van der Waals surface area contributed by atoms with E-state index in [0.29, 0.717) is 24.6 Å². The molecule has 1 N–H and O–H groups in total. The highest BCUT2D eigenvalue weighted by atomic mass is 35.5. The van der Waals surface area contributed by atoms with Crippen LogP contribution in [0.4, 0.5) is 0 Å². The van der Waals surface area contributed by atoms with Crippen LogP contribution in [0.1, 0.15) is 18.9 Å². The highest BCUT2D eigenvalue weighted by molar-refractivity contribution is 6.30. The number of amides is 1. The Balaban J connectivity index is 2.01. The van der Waals surface area contributed by atoms with Gasteiger partial charge in [-0.2, -0.15) is 0 Å². The molecular formula is C15H18ClNO4. The molecule has 0 saturated carbocycles. The molecule has 1 heterocycles. The molecule has 0 spiro atoms. The summed E-state index contributed by atoms with van der Waals surface area (Å²) in [5, 5.41) is 9.58. The van der Waals surface area contributed by atoms with E-state index in [-0.39, 0.29) is 18.9 Å². The van der Waals surface area contributed by atoms with Gasteiger partial charge in [-0.05, 0) is 37.1 Å². The molecule has 1 aromatic rings. The first-order valence-electron chi connectivity index (χ1n) is 6.93. The minimum atomic E-state index is -0.913. The second kappa shape index (κ2) is 6.80. The first-order valence-corrected chi connectivity index (χ1v) is 7.31. The third kappa shape index (κ3) is 3.88. The van der Waals surface area contributed by atoms with E-state index in [9.17, 15) is 9.59 Å². The molecule has 1 saturated heterocycles. The number of hydrogen-bond donors (Lipinski definition) is 1. The smallest absolute Gasteiger partial charge is 0.308 e. The van der Waals surface area contributed by atoms with Gasteiger partial charge in [-0.15, -0.1) is 0 Å². The zero-order chi connectivity index (χ0) is 15.4. The summed E-state index contributed by atoms with van der Waals surface area (Å²) < 4.78 is 5.54. The van der Waals surface area contributed by atoms with Gasteiger partial charge in [0.2, 0.25) is 5.91 Å². The van der Waals surface area contributed by atoms with Crippen LogP contribution in [-0.2, 0) is 16.0 Å². The van der Waals surface area contributed by atoms with E-state index in [4.69, 9.17) is 21.4 Å². The maximum Gasteiger partial charge on any atom is 0.308 e. The summed E-state index contributed by atoms with van der Waals surface area (Å²) >= 11 is 5.99. The number of halogens is 1. The van der Waals surface area contributed by atoms with Crippen LogP contribution in [0.25, 0.3) is 0 Å². The lowest BCUT2D eigenvalue weighted by Gasteiger charge is -2.17. The fraction of sp³-hybridized carbons (Fsp3) is 0.467. The fourth-order valence-electron chi connectivity index (χ4n) is 2.45. The third-order valence-electron chi connectivity index (χ3n) is 3.54. The summed E-state index contributed by atoms with van der Waals surface area (Å²) in [6.45, 7) is 3.21. The minimum Gasteiger partial charge on any atom is -0.494 e. The van der Waals surface area contributed by atoms with Gasteiger partial charge in [-0.25, -0.2) is 0 Å². The fourth-order valence-corrected chi connectivity index (χ4v) is 2.64. The number of aliphatic carboxylic acids is 1. The number of benzene rings is 1. The minimum absolute atomic E-state index is 0.0865. The van der Waals surface area contributed by atoms with Crippen molar-refractivity contribution in [2.75, 3.05) is 19.7 Å². The van der Waals surface area contributed by atoms with Gasteiger partial charge in [-0.1, -0.05) is 11.6 Å². The maximum absolute atomic E-state index is 11.8. The Hall–Kier alpha value is -1.75. The van der Waals surface area contributed by atoms with Crippen molar-refractivity contribution in [3.05, 3.63) is 28.8 Å². The van der Waals surface area contributed by atoms with Gasteiger partial charge in [-0.3, -0.25) is 9.59 Å². The quantitative estimate of drug-likeness (QED) is 0.874. The molecule has 6 heteroatoms. The normalized spacial score (nSPS) is 18.1. The largest absolute Gasteiger partial charge is 0.494 e. The molecule has 1 fully saturated rings. The molecule has 114 valence electrons. The highest BCUT2D eigenvalue weighted by Crippen LogP contribution is 2.25. The van der Waals surface area contributed by atoms with Gasteiger partial charge in [0, 0.05) is 24.5 Å². The number of rotatable bonds is 6. The Morgan fingerprint density at radius 3 is 2.90 bits per heavy atom. The molecule has 1 amide bonds. The maximum atomic E-state index is 11.8. The summed E-state index contributed by atoms with van der Waals surface area (Å²) in [7, 11) is 0. The average Bonchev–Trinajstić information content (AvgIpc) is 2.81. The van der Waals surface area contributed by atoms with Crippen LogP contribution >= 0.6 is 11.6 Å². The Labute approximate surface area is 128 Å². The van der Waals surface area contributed by atoms with Crippen LogP contribution in [-0.4, -0.2) is 41.6 Å². The molecular weight excluding hydrogens is 294 g/mol. The lowest BCUT2D eigenvalue weighted by Crippen LogP contribution is -2.28. The first kappa shape index (κ1) is 15.6. The van der Waals surface area contributed by atoms with Crippen molar-refractivity contribution in [2.45, 2.75) is 19.8 Å². The van der Waals surface area contributed by atoms with Crippen molar-refractivity contribution in [2.24, 2.45) is 5.92 Å². The standard InChI is InChI=1S/C15H18ClNO4/c1-2-21-13-4-3-12(16)7-10(13)5-6-17-9-11(15(19)20)8-14(17)18/h3-4,7,11H,2,5-6,8-9H2,1H3,(H,19,20). The summed E-state index contributed by atoms with van der Waals surface area (Å²) in [6.07, 6.45) is 0.678. The number of carboxylic acids is 1. The molecule has 1 atom stereocenters. The van der Waals surface area contributed by atoms with Crippen LogP contribution in [0, 0.1) is 5.92 Å². The van der Waals surface area contributed by atoms with Crippen LogP contribution in [0.5, 0.6) is 5.75 Å². The lowest BCUT2D eigenvalue weighted by molar-refractivity contribution is -0.141. The monoisotopic (exact) mass is 311 g/mol. The number of carboxylic acid groups (broad SMARTS) is 1. The summed E-state index contributed by atoms with van der Waals surface area (Å²) in [4.78, 5) is 24.3. The number of likely N-dealkylation sites (tertiary alicyclic amines) is 1. The SMILES string of the molecule is CCOc1ccc(Cl)cc1CCN1CC(C(=O)O)CC1=O. The number of carbonyl (C=O) groups is 2. The predicted molar refractivity (Wildman–Crippen MR) is 78.6 cm³/mol. The van der Waals surface area contributed by atoms with E-state index in [2.05, 4.69) is 0 Å². The second-order valence-electron chi connectivity index (χ2n) is 5.01. The molecule has 1 unspecified atom stereocenters. The molecule has 21 heavy (non-hydrogen) atoms. The molecule has 1 aliphatic rings. The number of carbonyl (C=O) groups excluding carboxylic acids is 1. The zero-order valence-corrected chi connectivity index (χ0v) is 12.6. The van der Waals surface area contributed by atoms with E-state index in [1.807, 2.05) is 19.1 Å². The molecule has 0 aromatic heterocycles. The molecule has 1 aromatic carbocycles. The van der Waals surface area contributed by atoms with Gasteiger partial charge in [0.1, 0.15) is 5.75 Å². The Kier molecular flexibility index (Phi) is 5.07. The summed E-state index contributed by atoms with van der Waals surface area (Å²) in [5.74, 6) is -0.863. The molecule has 2 rings (SSSR count). The summed E-state index contributed by atoms with van der Waals surface area (Å²) in [6, 6.07) is 5.40. The molecule has 0 bridgehead atoms. The van der Waals surface area contributed by atoms with Crippen molar-refractivity contribution in [3.8, 4) is 5.75 Å². The Morgan fingerprint density at radius 1 is 1.52 bits per heavy atom. The molecule has 1 aliphatic heterocycles. The van der Waals surface area contributed by atoms with Crippen molar-refractivity contribution in [1.82, 2.24) is 4.90 Å². The molecule has 0 aliphatic carbocycles. The van der Waals surface area contributed by atoms with Crippen LogP contribution in [0.3, 0.4) is 0 Å². The first-order chi connectivity index (χ1) is 10.0. The van der Waals surface area contributed by atoms with Crippen molar-refractivity contribution in [1.29, 1.82) is 0 Å². The van der Waals surface area contributed by atoms with E-state index in [0.717, 1.165) is 11.3 Å². The van der Waals surface area contributed by atoms with E-state index in [1.165, 1.54) is 0 Å². The van der Waals surface area contributed by atoms with Crippen LogP contribution in [0.2, 0.25) is 5.02 Å². The molecule has 0 radical (unpaired) electrons. The van der Waals surface area contributed by atoms with Gasteiger partial charge in [0.15, 0.2) is 0 Å². The number of hydrogen-bond acceptors (Lipinski definition) is 3. The van der Waals surface area contributed by atoms with Gasteiger partial charge in [0.05, 0.1) is 12.5 Å². The number of nitrogens with zero attached hydrogens (tertiary/aromatic N) is 1. The molecule has 5 nitrogen and oxygen atoms in total. The van der Waals surface area contributed by atoms with Crippen LogP contribution in [0.15, 0.2) is 18.2 Å². The Bertz CT molecular complexity index is 546. The van der Waals surface area contributed by atoms with Gasteiger partial charge >= 0.3 is 5.97 Å². The van der Waals surface area contributed by atoms with E-state index in [1.54, 1.807) is 11.0 Å². The average molecular weight is 312 g/mol. The number of ether oxygens (including phenoxy) is 1. The van der Waals surface area contributed by atoms with E-state index >= 15 is 0 Å². The summed E-state index contributed by atoms with van der Waals surface area (Å²) in [5.41, 5.74) is 0.927. The van der Waals surface area contributed by atoms with Crippen molar-refractivity contribution >= 4 is 23.5 Å². The van der Waals surface area contributed by atoms with E-state index < -0.39 is 11.9 Å². The highest BCUT2D eigenvalue weighted by Gasteiger charge is 2.33. The van der Waals surface area contributed by atoms with Gasteiger partial charge in [0.25, 0.3) is 0 Å². The third-order valence-corrected chi connectivity index (χ3v) is 3.77. The Morgan fingerprint density at radius 2 is 2.29 bits per heavy atom. The predicted octanol–water partition coefficient (Wildman–Crippen LogP) is 2.21.